The summed E-state index contributed by atoms with van der Waals surface area (Å²) in [6.45, 7) is 3.41. The molecule has 7 nitrogen and oxygen atoms in total. The molecule has 0 aliphatic carbocycles. The van der Waals surface area contributed by atoms with Crippen LogP contribution in [0.1, 0.15) is 17.2 Å². The van der Waals surface area contributed by atoms with Crippen LogP contribution in [0.15, 0.2) is 60.7 Å². The van der Waals surface area contributed by atoms with Gasteiger partial charge in [-0.25, -0.2) is 0 Å². The summed E-state index contributed by atoms with van der Waals surface area (Å²) in [6, 6.07) is 16.4. The lowest BCUT2D eigenvalue weighted by Crippen LogP contribution is -2.43. The summed E-state index contributed by atoms with van der Waals surface area (Å²) in [5.74, 6) is -0.285. The van der Waals surface area contributed by atoms with E-state index in [0.29, 0.717) is 25.3 Å². The smallest absolute Gasteiger partial charge is 0.276 e. The van der Waals surface area contributed by atoms with Crippen LogP contribution in [0.2, 0.25) is 0 Å². The summed E-state index contributed by atoms with van der Waals surface area (Å²) >= 11 is 0. The quantitative estimate of drug-likeness (QED) is 0.453. The number of amides is 1. The minimum Gasteiger partial charge on any atom is -0.379 e. The Morgan fingerprint density at radius 1 is 1.14 bits per heavy atom. The molecular formula is C21H23N3O4. The molecule has 28 heavy (non-hydrogen) atoms. The molecule has 0 bridgehead atoms. The molecule has 0 saturated carbocycles. The Labute approximate surface area is 163 Å². The molecule has 2 aromatic rings. The normalized spacial score (nSPS) is 16.0. The number of para-hydroxylation sites is 1. The highest BCUT2D eigenvalue weighted by Crippen LogP contribution is 2.21. The van der Waals surface area contributed by atoms with E-state index in [1.54, 1.807) is 18.2 Å². The van der Waals surface area contributed by atoms with Crippen LogP contribution in [0.25, 0.3) is 6.08 Å². The third kappa shape index (κ3) is 5.25. The molecule has 0 spiro atoms. The van der Waals surface area contributed by atoms with Gasteiger partial charge >= 0.3 is 0 Å². The van der Waals surface area contributed by atoms with E-state index in [-0.39, 0.29) is 17.6 Å². The van der Waals surface area contributed by atoms with E-state index >= 15 is 0 Å². The van der Waals surface area contributed by atoms with Crippen molar-refractivity contribution in [3.8, 4) is 0 Å². The van der Waals surface area contributed by atoms with Gasteiger partial charge in [0, 0.05) is 31.8 Å². The number of ether oxygens (including phenoxy) is 1. The highest BCUT2D eigenvalue weighted by molar-refractivity contribution is 5.92. The van der Waals surface area contributed by atoms with Gasteiger partial charge in [-0.05, 0) is 17.7 Å². The molecule has 0 aromatic heterocycles. The SMILES string of the molecule is O=C(/C=C/c1ccccc1[N+](=O)[O-])NCC(c1ccccc1)N1CCOCC1. The van der Waals surface area contributed by atoms with Crippen LogP contribution < -0.4 is 5.32 Å². The first-order valence-electron chi connectivity index (χ1n) is 9.21. The van der Waals surface area contributed by atoms with Gasteiger partial charge < -0.3 is 10.1 Å². The van der Waals surface area contributed by atoms with Crippen molar-refractivity contribution in [1.29, 1.82) is 0 Å². The number of hydrogen-bond acceptors (Lipinski definition) is 5. The van der Waals surface area contributed by atoms with Gasteiger partial charge in [0.2, 0.25) is 5.91 Å². The minimum atomic E-state index is -0.457. The second-order valence-corrected chi connectivity index (χ2v) is 6.47. The number of carbonyl (C=O) groups is 1. The van der Waals surface area contributed by atoms with Crippen molar-refractivity contribution in [1.82, 2.24) is 10.2 Å². The van der Waals surface area contributed by atoms with Crippen LogP contribution in [-0.4, -0.2) is 48.6 Å². The molecule has 2 aromatic carbocycles. The molecule has 1 atom stereocenters. The number of nitro groups is 1. The van der Waals surface area contributed by atoms with E-state index in [4.69, 9.17) is 4.74 Å². The van der Waals surface area contributed by atoms with Gasteiger partial charge in [0.1, 0.15) is 0 Å². The number of morpholine rings is 1. The topological polar surface area (TPSA) is 84.7 Å². The first-order chi connectivity index (χ1) is 13.6. The minimum absolute atomic E-state index is 0.0259. The molecule has 7 heteroatoms. The first-order valence-corrected chi connectivity index (χ1v) is 9.21. The summed E-state index contributed by atoms with van der Waals surface area (Å²) in [5.41, 5.74) is 1.50. The van der Waals surface area contributed by atoms with Crippen LogP contribution in [0.4, 0.5) is 5.69 Å². The summed E-state index contributed by atoms with van der Waals surface area (Å²) in [6.07, 6.45) is 2.81. The van der Waals surface area contributed by atoms with Crippen molar-refractivity contribution in [2.45, 2.75) is 6.04 Å². The monoisotopic (exact) mass is 381 g/mol. The number of hydrogen-bond donors (Lipinski definition) is 1. The highest BCUT2D eigenvalue weighted by Gasteiger charge is 2.22. The molecule has 1 unspecified atom stereocenters. The Morgan fingerprint density at radius 3 is 2.54 bits per heavy atom. The zero-order valence-corrected chi connectivity index (χ0v) is 15.5. The van der Waals surface area contributed by atoms with Gasteiger partial charge in [-0.3, -0.25) is 19.8 Å². The molecule has 0 radical (unpaired) electrons. The summed E-state index contributed by atoms with van der Waals surface area (Å²) < 4.78 is 5.43. The fourth-order valence-corrected chi connectivity index (χ4v) is 3.24. The predicted octanol–water partition coefficient (Wildman–Crippen LogP) is 2.80. The largest absolute Gasteiger partial charge is 0.379 e. The Bertz CT molecular complexity index is 833. The van der Waals surface area contributed by atoms with Crippen molar-refractivity contribution in [2.24, 2.45) is 0 Å². The lowest BCUT2D eigenvalue weighted by atomic mass is 10.0. The molecule has 1 saturated heterocycles. The van der Waals surface area contributed by atoms with Gasteiger partial charge in [0.15, 0.2) is 0 Å². The Hall–Kier alpha value is -3.03. The lowest BCUT2D eigenvalue weighted by Gasteiger charge is -2.34. The summed E-state index contributed by atoms with van der Waals surface area (Å²) in [5, 5.41) is 14.0. The van der Waals surface area contributed by atoms with Crippen molar-refractivity contribution < 1.29 is 14.5 Å². The number of benzene rings is 2. The van der Waals surface area contributed by atoms with Crippen LogP contribution in [-0.2, 0) is 9.53 Å². The molecule has 1 aliphatic heterocycles. The van der Waals surface area contributed by atoms with Crippen molar-refractivity contribution in [2.75, 3.05) is 32.8 Å². The standard InChI is InChI=1S/C21H23N3O4/c25-21(11-10-18-8-4-5-9-19(18)24(26)27)22-16-20(17-6-2-1-3-7-17)23-12-14-28-15-13-23/h1-11,20H,12-16H2,(H,22,25)/b11-10+. The number of rotatable bonds is 7. The molecule has 1 amide bonds. The van der Waals surface area contributed by atoms with E-state index in [9.17, 15) is 14.9 Å². The van der Waals surface area contributed by atoms with Crippen molar-refractivity contribution in [3.05, 3.63) is 81.9 Å². The second-order valence-electron chi connectivity index (χ2n) is 6.47. The third-order valence-corrected chi connectivity index (χ3v) is 4.69. The zero-order chi connectivity index (χ0) is 19.8. The van der Waals surface area contributed by atoms with E-state index in [1.807, 2.05) is 18.2 Å². The number of nitrogens with one attached hydrogen (secondary N) is 1. The Morgan fingerprint density at radius 2 is 1.82 bits per heavy atom. The third-order valence-electron chi connectivity index (χ3n) is 4.69. The van der Waals surface area contributed by atoms with Crippen LogP contribution in [0.5, 0.6) is 0 Å². The van der Waals surface area contributed by atoms with Gasteiger partial charge in [-0.2, -0.15) is 0 Å². The number of nitro benzene ring substituents is 1. The van der Waals surface area contributed by atoms with Crippen molar-refractivity contribution in [3.63, 3.8) is 0 Å². The molecular weight excluding hydrogens is 358 g/mol. The highest BCUT2D eigenvalue weighted by atomic mass is 16.6. The Balaban J connectivity index is 1.66. The average molecular weight is 381 g/mol. The maximum Gasteiger partial charge on any atom is 0.276 e. The number of nitrogens with zero attached hydrogens (tertiary/aromatic N) is 2. The van der Waals surface area contributed by atoms with E-state index in [0.717, 1.165) is 18.7 Å². The number of carbonyl (C=O) groups excluding carboxylic acids is 1. The van der Waals surface area contributed by atoms with Gasteiger partial charge in [0.05, 0.1) is 29.7 Å². The van der Waals surface area contributed by atoms with E-state index < -0.39 is 4.92 Å². The summed E-state index contributed by atoms with van der Waals surface area (Å²) in [7, 11) is 0. The average Bonchev–Trinajstić information content (AvgIpc) is 2.74. The molecule has 1 heterocycles. The van der Waals surface area contributed by atoms with Crippen LogP contribution in [0, 0.1) is 10.1 Å². The summed E-state index contributed by atoms with van der Waals surface area (Å²) in [4.78, 5) is 25.2. The maximum atomic E-state index is 12.3. The van der Waals surface area contributed by atoms with Crippen molar-refractivity contribution >= 4 is 17.7 Å². The van der Waals surface area contributed by atoms with Gasteiger partial charge in [0.25, 0.3) is 5.69 Å². The van der Waals surface area contributed by atoms with E-state index in [1.165, 1.54) is 18.2 Å². The molecule has 1 fully saturated rings. The molecule has 1 N–H and O–H groups in total. The van der Waals surface area contributed by atoms with Gasteiger partial charge in [-0.1, -0.05) is 42.5 Å². The first kappa shape index (κ1) is 19.7. The predicted molar refractivity (Wildman–Crippen MR) is 107 cm³/mol. The molecule has 3 rings (SSSR count). The Kier molecular flexibility index (Phi) is 6.89. The van der Waals surface area contributed by atoms with E-state index in [2.05, 4.69) is 22.3 Å². The second kappa shape index (κ2) is 9.77. The fraction of sp³-hybridized carbons (Fsp3) is 0.286. The van der Waals surface area contributed by atoms with Gasteiger partial charge in [-0.15, -0.1) is 0 Å². The van der Waals surface area contributed by atoms with Crippen LogP contribution >= 0.6 is 0 Å². The molecule has 146 valence electrons. The van der Waals surface area contributed by atoms with Crippen LogP contribution in [0.3, 0.4) is 0 Å². The zero-order valence-electron chi connectivity index (χ0n) is 15.5. The fourth-order valence-electron chi connectivity index (χ4n) is 3.24. The molecule has 1 aliphatic rings. The maximum absolute atomic E-state index is 12.3. The lowest BCUT2D eigenvalue weighted by molar-refractivity contribution is -0.385.